The van der Waals surface area contributed by atoms with Crippen LogP contribution in [-0.2, 0) is 20.7 Å². The molecule has 1 unspecified atom stereocenters. The number of piperidine rings is 1. The molecule has 0 bridgehead atoms. The number of aryl methyl sites for hydroxylation is 1. The highest BCUT2D eigenvalue weighted by Gasteiger charge is 2.54. The summed E-state index contributed by atoms with van der Waals surface area (Å²) in [5.41, 5.74) is -0.767. The lowest BCUT2D eigenvalue weighted by atomic mass is 9.97. The molecule has 0 radical (unpaired) electrons. The Kier molecular flexibility index (Phi) is 9.15. The molecule has 3 rings (SSSR count). The number of methoxy groups -OCH3 is 1. The number of likely N-dealkylation sites (N-methyl/N-ethyl adjacent to an activating group) is 1. The first-order valence-electron chi connectivity index (χ1n) is 11.7. The maximum atomic E-state index is 13.6. The minimum absolute atomic E-state index is 0.132. The number of nitrogens with zero attached hydrogens (tertiary/aromatic N) is 2. The van der Waals surface area contributed by atoms with E-state index in [-0.39, 0.29) is 18.4 Å². The average molecular weight is 497 g/mol. The number of ketones is 1. The van der Waals surface area contributed by atoms with Crippen LogP contribution in [0.2, 0.25) is 0 Å². The van der Waals surface area contributed by atoms with Crippen molar-refractivity contribution in [1.29, 1.82) is 0 Å². The van der Waals surface area contributed by atoms with Crippen LogP contribution >= 0.6 is 0 Å². The van der Waals surface area contributed by atoms with Gasteiger partial charge in [0.2, 0.25) is 0 Å². The number of nitrogens with one attached hydrogen (secondary N) is 1. The SMILES string of the molecule is COc1ccc(CCC(=O)C(OC2CCNCC2)(C(=O)O)N(C)C(=O)c2ccc(C=NN)cc2)cc1. The lowest BCUT2D eigenvalue weighted by Crippen LogP contribution is -2.64. The van der Waals surface area contributed by atoms with Crippen molar-refractivity contribution >= 4 is 23.9 Å². The molecule has 1 aliphatic heterocycles. The van der Waals surface area contributed by atoms with Crippen LogP contribution in [0, 0.1) is 0 Å². The molecule has 2 aromatic rings. The van der Waals surface area contributed by atoms with E-state index in [1.54, 1.807) is 31.4 Å². The Bertz CT molecular complexity index is 1080. The maximum Gasteiger partial charge on any atom is 0.365 e. The van der Waals surface area contributed by atoms with E-state index in [1.165, 1.54) is 25.4 Å². The van der Waals surface area contributed by atoms with Crippen molar-refractivity contribution in [2.75, 3.05) is 27.2 Å². The van der Waals surface area contributed by atoms with E-state index in [2.05, 4.69) is 10.4 Å². The van der Waals surface area contributed by atoms with Crippen molar-refractivity contribution in [3.63, 3.8) is 0 Å². The van der Waals surface area contributed by atoms with Crippen molar-refractivity contribution < 1.29 is 29.0 Å². The summed E-state index contributed by atoms with van der Waals surface area (Å²) < 4.78 is 11.2. The third-order valence-electron chi connectivity index (χ3n) is 6.25. The number of carboxylic acids is 1. The number of rotatable bonds is 11. The van der Waals surface area contributed by atoms with Gasteiger partial charge in [-0.25, -0.2) is 4.79 Å². The molecule has 0 aromatic heterocycles. The van der Waals surface area contributed by atoms with Crippen molar-refractivity contribution in [3.8, 4) is 5.75 Å². The maximum absolute atomic E-state index is 13.6. The molecule has 4 N–H and O–H groups in total. The van der Waals surface area contributed by atoms with Gasteiger partial charge in [0, 0.05) is 19.0 Å². The molecule has 1 fully saturated rings. The number of Topliss-reactive ketones (excluding diaryl/α,β-unsaturated/α-hetero) is 1. The van der Waals surface area contributed by atoms with Crippen LogP contribution < -0.4 is 15.9 Å². The van der Waals surface area contributed by atoms with Gasteiger partial charge in [-0.15, -0.1) is 0 Å². The summed E-state index contributed by atoms with van der Waals surface area (Å²) in [6.45, 7) is 1.25. The van der Waals surface area contributed by atoms with Gasteiger partial charge in [0.05, 0.1) is 19.4 Å². The highest BCUT2D eigenvalue weighted by atomic mass is 16.6. The van der Waals surface area contributed by atoms with Crippen molar-refractivity contribution in [2.24, 2.45) is 10.9 Å². The van der Waals surface area contributed by atoms with Gasteiger partial charge in [-0.05, 0) is 67.7 Å². The summed E-state index contributed by atoms with van der Waals surface area (Å²) in [5, 5.41) is 17.0. The minimum atomic E-state index is -2.47. The van der Waals surface area contributed by atoms with E-state index in [0.29, 0.717) is 37.2 Å². The number of aliphatic carboxylic acids is 1. The normalized spacial score (nSPS) is 15.8. The number of hydrazone groups is 1. The first kappa shape index (κ1) is 26.8. The van der Waals surface area contributed by atoms with Crippen LogP contribution in [0.4, 0.5) is 0 Å². The smallest absolute Gasteiger partial charge is 0.365 e. The molecule has 0 saturated carbocycles. The topological polar surface area (TPSA) is 144 Å². The summed E-state index contributed by atoms with van der Waals surface area (Å²) in [4.78, 5) is 40.7. The lowest BCUT2D eigenvalue weighted by molar-refractivity contribution is -0.203. The molecule has 1 saturated heterocycles. The van der Waals surface area contributed by atoms with Gasteiger partial charge < -0.3 is 25.7 Å². The number of amides is 1. The quantitative estimate of drug-likeness (QED) is 0.141. The third kappa shape index (κ3) is 6.07. The fourth-order valence-corrected chi connectivity index (χ4v) is 4.15. The third-order valence-corrected chi connectivity index (χ3v) is 6.25. The molecule has 1 heterocycles. The summed E-state index contributed by atoms with van der Waals surface area (Å²) in [6, 6.07) is 13.4. The molecule has 1 atom stereocenters. The predicted octanol–water partition coefficient (Wildman–Crippen LogP) is 1.81. The lowest BCUT2D eigenvalue weighted by Gasteiger charge is -2.40. The highest BCUT2D eigenvalue weighted by molar-refractivity contribution is 6.10. The fraction of sp³-hybridized carbons (Fsp3) is 0.385. The van der Waals surface area contributed by atoms with E-state index < -0.39 is 29.5 Å². The number of carboxylic acid groups (broad SMARTS) is 1. The first-order valence-corrected chi connectivity index (χ1v) is 11.7. The van der Waals surface area contributed by atoms with Crippen LogP contribution in [0.5, 0.6) is 5.75 Å². The van der Waals surface area contributed by atoms with Crippen LogP contribution in [0.15, 0.2) is 53.6 Å². The minimum Gasteiger partial charge on any atom is -0.497 e. The Hall–Kier alpha value is -3.76. The summed E-state index contributed by atoms with van der Waals surface area (Å²) >= 11 is 0. The zero-order chi connectivity index (χ0) is 26.1. The predicted molar refractivity (Wildman–Crippen MR) is 134 cm³/mol. The average Bonchev–Trinajstić information content (AvgIpc) is 2.91. The molecule has 192 valence electrons. The first-order chi connectivity index (χ1) is 17.3. The molecular weight excluding hydrogens is 464 g/mol. The Balaban J connectivity index is 1.91. The number of carbonyl (C=O) groups is 3. The van der Waals surface area contributed by atoms with E-state index in [1.807, 2.05) is 12.1 Å². The van der Waals surface area contributed by atoms with Gasteiger partial charge in [0.15, 0.2) is 5.78 Å². The van der Waals surface area contributed by atoms with Gasteiger partial charge in [-0.1, -0.05) is 24.3 Å². The number of ether oxygens (including phenoxy) is 2. The Labute approximate surface area is 210 Å². The number of hydrogen-bond donors (Lipinski definition) is 3. The Morgan fingerprint density at radius 3 is 2.33 bits per heavy atom. The zero-order valence-corrected chi connectivity index (χ0v) is 20.5. The molecule has 0 aliphatic carbocycles. The van der Waals surface area contributed by atoms with E-state index >= 15 is 0 Å². The van der Waals surface area contributed by atoms with Gasteiger partial charge >= 0.3 is 11.7 Å². The summed E-state index contributed by atoms with van der Waals surface area (Å²) in [7, 11) is 2.85. The second-order valence-electron chi connectivity index (χ2n) is 8.55. The second-order valence-corrected chi connectivity index (χ2v) is 8.55. The Morgan fingerprint density at radius 1 is 1.14 bits per heavy atom. The largest absolute Gasteiger partial charge is 0.497 e. The molecule has 0 spiro atoms. The molecule has 2 aromatic carbocycles. The Morgan fingerprint density at radius 2 is 1.78 bits per heavy atom. The van der Waals surface area contributed by atoms with Crippen molar-refractivity contribution in [2.45, 2.75) is 37.5 Å². The highest BCUT2D eigenvalue weighted by Crippen LogP contribution is 2.28. The van der Waals surface area contributed by atoms with Crippen molar-refractivity contribution in [1.82, 2.24) is 10.2 Å². The van der Waals surface area contributed by atoms with Crippen LogP contribution in [-0.4, -0.2) is 73.0 Å². The van der Waals surface area contributed by atoms with Crippen LogP contribution in [0.3, 0.4) is 0 Å². The molecule has 10 nitrogen and oxygen atoms in total. The molecule has 1 amide bonds. The molecular formula is C26H32N4O6. The van der Waals surface area contributed by atoms with E-state index in [0.717, 1.165) is 10.5 Å². The number of hydrogen-bond acceptors (Lipinski definition) is 8. The number of nitrogens with two attached hydrogens (primary N) is 1. The monoisotopic (exact) mass is 496 g/mol. The number of carbonyl (C=O) groups excluding carboxylic acids is 2. The standard InChI is InChI=1S/C26H32N4O6/c1-30(24(32)20-8-3-19(4-9-20)17-29-27)26(25(33)34,36-22-13-15-28-16-14-22)23(31)12-7-18-5-10-21(35-2)11-6-18/h3-6,8-11,17,22,28H,7,12-16,27H2,1-2H3,(H,33,34). The van der Waals surface area contributed by atoms with Gasteiger partial charge in [0.25, 0.3) is 5.91 Å². The second kappa shape index (κ2) is 12.3. The zero-order valence-electron chi connectivity index (χ0n) is 20.5. The molecule has 1 aliphatic rings. The van der Waals surface area contributed by atoms with Gasteiger partial charge in [0.1, 0.15) is 5.75 Å². The summed E-state index contributed by atoms with van der Waals surface area (Å²) in [6.07, 6.45) is 2.12. The fourth-order valence-electron chi connectivity index (χ4n) is 4.15. The van der Waals surface area contributed by atoms with Gasteiger partial charge in [-0.3, -0.25) is 14.5 Å². The summed E-state index contributed by atoms with van der Waals surface area (Å²) in [5.74, 6) is 2.96. The van der Waals surface area contributed by atoms with Crippen LogP contribution in [0.25, 0.3) is 0 Å². The van der Waals surface area contributed by atoms with E-state index in [9.17, 15) is 19.5 Å². The number of benzene rings is 2. The van der Waals surface area contributed by atoms with E-state index in [4.69, 9.17) is 15.3 Å². The molecule has 10 heteroatoms. The van der Waals surface area contributed by atoms with Crippen LogP contribution in [0.1, 0.15) is 40.7 Å². The molecule has 36 heavy (non-hydrogen) atoms. The van der Waals surface area contributed by atoms with Gasteiger partial charge in [-0.2, -0.15) is 5.10 Å². The van der Waals surface area contributed by atoms with Crippen molar-refractivity contribution in [3.05, 3.63) is 65.2 Å².